The summed E-state index contributed by atoms with van der Waals surface area (Å²) < 4.78 is 0. The molecular weight excluding hydrogens is 482 g/mol. The predicted octanol–water partition coefficient (Wildman–Crippen LogP) is 4.35. The number of aromatic amines is 2. The summed E-state index contributed by atoms with van der Waals surface area (Å²) in [5.41, 5.74) is 7.44. The lowest BCUT2D eigenvalue weighted by molar-refractivity contribution is 0.325. The number of aromatic nitrogens is 5. The molecule has 0 amide bonds. The standard InChI is InChI=1S/C32H41N7/c1-5-9-29(39-16-7-6-8-17-39)31-24(4)35-32(36-31)30-23(3)28(37-38-30)11-10-22(2)27-19-26(20-34-21-27)18-25-12-14-33-15-13-25/h5,9-11,19-21,25,33,37H,1,3,6-8,12-18H2,2,4H3,(H,35,36)/b22-10+,28-11+,29-9+. The molecule has 7 heteroatoms. The lowest BCUT2D eigenvalue weighted by Crippen LogP contribution is -2.28. The average Bonchev–Trinajstić information content (AvgIpc) is 3.53. The molecule has 2 saturated heterocycles. The first-order valence-electron chi connectivity index (χ1n) is 14.3. The lowest BCUT2D eigenvalue weighted by atomic mass is 9.91. The molecule has 5 rings (SSSR count). The average molecular weight is 524 g/mol. The number of nitrogens with zero attached hydrogens (tertiary/aromatic N) is 4. The third-order valence-electron chi connectivity index (χ3n) is 7.96. The molecule has 0 unspecified atom stereocenters. The molecule has 7 nitrogen and oxygen atoms in total. The van der Waals surface area contributed by atoms with Crippen molar-refractivity contribution in [2.75, 3.05) is 26.2 Å². The van der Waals surface area contributed by atoms with Crippen molar-refractivity contribution in [3.63, 3.8) is 0 Å². The minimum Gasteiger partial charge on any atom is -0.370 e. The van der Waals surface area contributed by atoms with E-state index in [-0.39, 0.29) is 0 Å². The summed E-state index contributed by atoms with van der Waals surface area (Å²) in [7, 11) is 0. The van der Waals surface area contributed by atoms with Crippen LogP contribution in [0.1, 0.15) is 61.5 Å². The van der Waals surface area contributed by atoms with Crippen LogP contribution in [0.15, 0.2) is 43.3 Å². The van der Waals surface area contributed by atoms with Gasteiger partial charge in [-0.15, -0.1) is 0 Å². The van der Waals surface area contributed by atoms with E-state index in [1.165, 1.54) is 37.7 Å². The molecule has 2 fully saturated rings. The van der Waals surface area contributed by atoms with Crippen LogP contribution in [-0.4, -0.2) is 56.2 Å². The van der Waals surface area contributed by atoms with Crippen LogP contribution >= 0.6 is 0 Å². The molecule has 204 valence electrons. The first-order chi connectivity index (χ1) is 19.0. The number of pyridine rings is 1. The highest BCUT2D eigenvalue weighted by atomic mass is 15.2. The fourth-order valence-corrected chi connectivity index (χ4v) is 5.65. The molecule has 3 N–H and O–H groups in total. The van der Waals surface area contributed by atoms with Crippen LogP contribution in [0.25, 0.3) is 35.4 Å². The highest BCUT2D eigenvalue weighted by Crippen LogP contribution is 2.26. The Morgan fingerprint density at radius 2 is 1.92 bits per heavy atom. The van der Waals surface area contributed by atoms with Gasteiger partial charge in [-0.05, 0) is 106 Å². The van der Waals surface area contributed by atoms with Gasteiger partial charge in [0.05, 0.1) is 11.0 Å². The van der Waals surface area contributed by atoms with E-state index >= 15 is 0 Å². The second-order valence-corrected chi connectivity index (χ2v) is 10.9. The molecule has 0 aromatic carbocycles. The van der Waals surface area contributed by atoms with Crippen LogP contribution in [0.4, 0.5) is 0 Å². The zero-order valence-electron chi connectivity index (χ0n) is 23.4. The van der Waals surface area contributed by atoms with Crippen molar-refractivity contribution in [3.8, 4) is 11.5 Å². The third-order valence-corrected chi connectivity index (χ3v) is 7.96. The van der Waals surface area contributed by atoms with E-state index in [1.807, 2.05) is 24.5 Å². The van der Waals surface area contributed by atoms with Gasteiger partial charge in [0, 0.05) is 36.4 Å². The van der Waals surface area contributed by atoms with E-state index in [4.69, 9.17) is 4.98 Å². The van der Waals surface area contributed by atoms with Gasteiger partial charge in [-0.3, -0.25) is 10.1 Å². The van der Waals surface area contributed by atoms with Crippen molar-refractivity contribution in [1.82, 2.24) is 35.4 Å². The van der Waals surface area contributed by atoms with Gasteiger partial charge in [0.25, 0.3) is 0 Å². The predicted molar refractivity (Wildman–Crippen MR) is 161 cm³/mol. The van der Waals surface area contributed by atoms with Crippen LogP contribution in [-0.2, 0) is 6.42 Å². The molecule has 0 spiro atoms. The molecule has 2 aliphatic rings. The minimum absolute atomic E-state index is 0.728. The van der Waals surface area contributed by atoms with Gasteiger partial charge in [0.15, 0.2) is 5.82 Å². The Kier molecular flexibility index (Phi) is 8.57. The van der Waals surface area contributed by atoms with E-state index < -0.39 is 0 Å². The molecule has 3 aromatic heterocycles. The number of likely N-dealkylation sites (tertiary alicyclic amines) is 1. The smallest absolute Gasteiger partial charge is 0.159 e. The number of aryl methyl sites for hydroxylation is 1. The van der Waals surface area contributed by atoms with Crippen molar-refractivity contribution in [2.45, 2.75) is 52.4 Å². The summed E-state index contributed by atoms with van der Waals surface area (Å²) >= 11 is 0. The van der Waals surface area contributed by atoms with Crippen LogP contribution in [0.5, 0.6) is 0 Å². The van der Waals surface area contributed by atoms with Gasteiger partial charge in [-0.2, -0.15) is 5.10 Å². The fraction of sp³-hybridized carbons (Fsp3) is 0.406. The molecule has 39 heavy (non-hydrogen) atoms. The maximum Gasteiger partial charge on any atom is 0.159 e. The quantitative estimate of drug-likeness (QED) is 0.382. The Morgan fingerprint density at radius 3 is 2.69 bits per heavy atom. The normalized spacial score (nSPS) is 18.1. The monoisotopic (exact) mass is 523 g/mol. The summed E-state index contributed by atoms with van der Waals surface area (Å²) in [5, 5.41) is 12.9. The Balaban J connectivity index is 1.36. The number of nitrogens with one attached hydrogen (secondary N) is 3. The van der Waals surface area contributed by atoms with Crippen molar-refractivity contribution in [1.29, 1.82) is 0 Å². The molecule has 0 aliphatic carbocycles. The van der Waals surface area contributed by atoms with Crippen molar-refractivity contribution in [2.24, 2.45) is 5.92 Å². The summed E-state index contributed by atoms with van der Waals surface area (Å²) in [5.74, 6) is 1.47. The largest absolute Gasteiger partial charge is 0.370 e. The number of piperidine rings is 2. The maximum atomic E-state index is 4.97. The number of hydrogen-bond acceptors (Lipinski definition) is 5. The number of hydrogen-bond donors (Lipinski definition) is 3. The van der Waals surface area contributed by atoms with E-state index in [1.54, 1.807) is 0 Å². The Bertz CT molecular complexity index is 1460. The minimum atomic E-state index is 0.728. The van der Waals surface area contributed by atoms with Crippen molar-refractivity contribution < 1.29 is 0 Å². The Morgan fingerprint density at radius 1 is 1.13 bits per heavy atom. The van der Waals surface area contributed by atoms with Gasteiger partial charge in [-0.1, -0.05) is 25.3 Å². The van der Waals surface area contributed by atoms with E-state index in [9.17, 15) is 0 Å². The number of allylic oxidation sites excluding steroid dienone is 4. The van der Waals surface area contributed by atoms with E-state index in [0.29, 0.717) is 0 Å². The van der Waals surface area contributed by atoms with E-state index in [0.717, 1.165) is 88.8 Å². The third kappa shape index (κ3) is 6.31. The number of H-pyrrole nitrogens is 2. The highest BCUT2D eigenvalue weighted by Gasteiger charge is 2.20. The molecule has 0 atom stereocenters. The molecular formula is C32H41N7. The summed E-state index contributed by atoms with van der Waals surface area (Å²) in [6.45, 7) is 16.8. The molecule has 3 aromatic rings. The second kappa shape index (κ2) is 12.4. The zero-order valence-corrected chi connectivity index (χ0v) is 23.4. The summed E-state index contributed by atoms with van der Waals surface area (Å²) in [4.78, 5) is 15.4. The van der Waals surface area contributed by atoms with Gasteiger partial charge in [0.1, 0.15) is 11.4 Å². The highest BCUT2D eigenvalue weighted by molar-refractivity contribution is 5.70. The first-order valence-corrected chi connectivity index (χ1v) is 14.3. The number of rotatable bonds is 8. The topological polar surface area (TPSA) is 85.5 Å². The van der Waals surface area contributed by atoms with Gasteiger partial charge >= 0.3 is 0 Å². The van der Waals surface area contributed by atoms with Crippen molar-refractivity contribution in [3.05, 3.63) is 76.3 Å². The molecule has 0 bridgehead atoms. The van der Waals surface area contributed by atoms with Crippen molar-refractivity contribution >= 4 is 23.9 Å². The maximum absolute atomic E-state index is 4.97. The Labute approximate surface area is 231 Å². The van der Waals surface area contributed by atoms with Gasteiger partial charge < -0.3 is 15.2 Å². The number of imidazole rings is 1. The molecule has 5 heterocycles. The summed E-state index contributed by atoms with van der Waals surface area (Å²) in [6.07, 6.45) is 19.3. The van der Waals surface area contributed by atoms with Gasteiger partial charge in [0.2, 0.25) is 0 Å². The van der Waals surface area contributed by atoms with Crippen LogP contribution in [0.2, 0.25) is 0 Å². The second-order valence-electron chi connectivity index (χ2n) is 10.9. The fourth-order valence-electron chi connectivity index (χ4n) is 5.65. The van der Waals surface area contributed by atoms with Crippen LogP contribution in [0.3, 0.4) is 0 Å². The zero-order chi connectivity index (χ0) is 27.2. The molecule has 2 aliphatic heterocycles. The SMILES string of the molecule is C=C/C=C(\c1nc(-c2n[nH]/c(=C/C=C(\C)c3cncc(CC4CCNCC4)c3)c2=C)[nH]c1C)N1CCCCC1. The van der Waals surface area contributed by atoms with Crippen LogP contribution in [0, 0.1) is 12.8 Å². The summed E-state index contributed by atoms with van der Waals surface area (Å²) in [6, 6.07) is 2.28. The lowest BCUT2D eigenvalue weighted by Gasteiger charge is -2.30. The van der Waals surface area contributed by atoms with Crippen LogP contribution < -0.4 is 15.9 Å². The van der Waals surface area contributed by atoms with E-state index in [2.05, 4.69) is 75.6 Å². The molecule has 0 saturated carbocycles. The first kappa shape index (κ1) is 26.9. The Hall–Kier alpha value is -3.71. The van der Waals surface area contributed by atoms with Gasteiger partial charge in [-0.25, -0.2) is 4.98 Å². The molecule has 0 radical (unpaired) electrons.